The van der Waals surface area contributed by atoms with Crippen molar-refractivity contribution < 1.29 is 31.5 Å². The number of halogens is 1. The Morgan fingerprint density at radius 3 is 2.36 bits per heavy atom. The fourth-order valence-electron chi connectivity index (χ4n) is 2.02. The Morgan fingerprint density at radius 2 is 1.76 bits per heavy atom. The normalized spacial score (nSPS) is 9.76. The summed E-state index contributed by atoms with van der Waals surface area (Å²) in [6.45, 7) is 1.85. The molecular formula is C16H17ClN3O4S-. The molecule has 9 heteroatoms. The van der Waals surface area contributed by atoms with Gasteiger partial charge in [0.1, 0.15) is 5.82 Å². The highest BCUT2D eigenvalue weighted by atomic mass is 35.5. The fourth-order valence-corrected chi connectivity index (χ4v) is 2.44. The number of methoxy groups -OCH3 is 2. The number of carbonyl (C=O) groups is 2. The number of nitrogens with zero attached hydrogens (tertiary/aromatic N) is 2. The standard InChI is InChI=1S/C16H17N3O4S.ClH/c1-9-7-13(19-16(17-9)24-4)18-12-8-10(14(20)22-2)5-6-11(12)15(21)23-3;/h5-8H,1-4H3,(H,17,18,19);1H/p-1. The zero-order chi connectivity index (χ0) is 17.7. The maximum atomic E-state index is 11.9. The second kappa shape index (κ2) is 9.24. The third kappa shape index (κ3) is 5.07. The van der Waals surface area contributed by atoms with Gasteiger partial charge in [-0.05, 0) is 31.4 Å². The second-order valence-electron chi connectivity index (χ2n) is 4.75. The van der Waals surface area contributed by atoms with Gasteiger partial charge in [0, 0.05) is 11.8 Å². The number of rotatable bonds is 5. The number of hydrogen-bond donors (Lipinski definition) is 1. The maximum absolute atomic E-state index is 11.9. The number of carbonyl (C=O) groups excluding carboxylic acids is 2. The van der Waals surface area contributed by atoms with Crippen LogP contribution in [0.1, 0.15) is 26.4 Å². The summed E-state index contributed by atoms with van der Waals surface area (Å²) >= 11 is 1.41. The molecule has 2 aromatic rings. The average Bonchev–Trinajstić information content (AvgIpc) is 2.59. The van der Waals surface area contributed by atoms with Gasteiger partial charge >= 0.3 is 11.9 Å². The molecule has 134 valence electrons. The lowest BCUT2D eigenvalue weighted by Gasteiger charge is -2.12. The van der Waals surface area contributed by atoms with Crippen LogP contribution in [0.25, 0.3) is 0 Å². The van der Waals surface area contributed by atoms with Gasteiger partial charge in [0.05, 0.1) is 31.0 Å². The van der Waals surface area contributed by atoms with Gasteiger partial charge in [0.25, 0.3) is 0 Å². The minimum absolute atomic E-state index is 0. The molecule has 0 atom stereocenters. The van der Waals surface area contributed by atoms with E-state index in [1.54, 1.807) is 6.07 Å². The first kappa shape index (κ1) is 20.7. The smallest absolute Gasteiger partial charge is 0.339 e. The molecule has 0 spiro atoms. The molecule has 0 amide bonds. The van der Waals surface area contributed by atoms with Crippen LogP contribution in [0.15, 0.2) is 29.4 Å². The van der Waals surface area contributed by atoms with Crippen LogP contribution in [-0.2, 0) is 9.47 Å². The predicted octanol–water partition coefficient (Wildman–Crippen LogP) is -0.172. The van der Waals surface area contributed by atoms with Gasteiger partial charge in [-0.25, -0.2) is 19.6 Å². The van der Waals surface area contributed by atoms with E-state index in [4.69, 9.17) is 9.47 Å². The van der Waals surface area contributed by atoms with Crippen molar-refractivity contribution in [3.8, 4) is 0 Å². The molecule has 0 aliphatic carbocycles. The molecule has 25 heavy (non-hydrogen) atoms. The molecule has 2 rings (SSSR count). The lowest BCUT2D eigenvalue weighted by molar-refractivity contribution is -0.0000338. The molecule has 0 aliphatic rings. The van der Waals surface area contributed by atoms with Crippen molar-refractivity contribution in [2.24, 2.45) is 0 Å². The summed E-state index contributed by atoms with van der Waals surface area (Å²) in [6, 6.07) is 6.27. The van der Waals surface area contributed by atoms with Crippen LogP contribution in [0, 0.1) is 6.92 Å². The number of thioether (sulfide) groups is 1. The molecule has 0 bridgehead atoms. The fraction of sp³-hybridized carbons (Fsp3) is 0.250. The summed E-state index contributed by atoms with van der Waals surface area (Å²) in [5.74, 6) is -0.512. The van der Waals surface area contributed by atoms with E-state index in [1.165, 1.54) is 44.2 Å². The average molecular weight is 383 g/mol. The van der Waals surface area contributed by atoms with Crippen molar-refractivity contribution in [3.63, 3.8) is 0 Å². The lowest BCUT2D eigenvalue weighted by atomic mass is 10.1. The molecule has 0 radical (unpaired) electrons. The van der Waals surface area contributed by atoms with Crippen molar-refractivity contribution in [1.82, 2.24) is 9.97 Å². The first-order chi connectivity index (χ1) is 11.5. The lowest BCUT2D eigenvalue weighted by Crippen LogP contribution is -3.00. The Balaban J connectivity index is 0.00000312. The summed E-state index contributed by atoms with van der Waals surface area (Å²) in [5.41, 5.74) is 1.77. The van der Waals surface area contributed by atoms with Gasteiger partial charge in [0.2, 0.25) is 0 Å². The SMILES string of the molecule is COC(=O)c1ccc(C(=O)OC)c(Nc2cc(C)nc(SC)n2)c1.[Cl-]. The van der Waals surface area contributed by atoms with E-state index >= 15 is 0 Å². The second-order valence-corrected chi connectivity index (χ2v) is 5.52. The highest BCUT2D eigenvalue weighted by Gasteiger charge is 2.16. The van der Waals surface area contributed by atoms with Crippen molar-refractivity contribution >= 4 is 35.2 Å². The molecule has 1 heterocycles. The van der Waals surface area contributed by atoms with E-state index in [1.807, 2.05) is 13.2 Å². The molecule has 1 N–H and O–H groups in total. The largest absolute Gasteiger partial charge is 1.00 e. The van der Waals surface area contributed by atoms with E-state index < -0.39 is 11.9 Å². The predicted molar refractivity (Wildman–Crippen MR) is 91.0 cm³/mol. The number of aromatic nitrogens is 2. The summed E-state index contributed by atoms with van der Waals surface area (Å²) in [6.07, 6.45) is 1.87. The number of benzene rings is 1. The molecule has 1 aromatic heterocycles. The number of ether oxygens (including phenoxy) is 2. The maximum Gasteiger partial charge on any atom is 0.339 e. The Hall–Kier alpha value is -2.32. The van der Waals surface area contributed by atoms with Crippen molar-refractivity contribution in [2.75, 3.05) is 25.8 Å². The first-order valence-electron chi connectivity index (χ1n) is 6.96. The minimum atomic E-state index is -0.523. The molecule has 0 fully saturated rings. The Kier molecular flexibility index (Phi) is 7.66. The van der Waals surface area contributed by atoms with Crippen molar-refractivity contribution in [1.29, 1.82) is 0 Å². The number of anilines is 2. The Labute approximate surface area is 155 Å². The number of hydrogen-bond acceptors (Lipinski definition) is 8. The summed E-state index contributed by atoms with van der Waals surface area (Å²) < 4.78 is 9.49. The molecule has 0 saturated heterocycles. The molecule has 1 aromatic carbocycles. The Morgan fingerprint density at radius 1 is 1.08 bits per heavy atom. The zero-order valence-corrected chi connectivity index (χ0v) is 15.7. The van der Waals surface area contributed by atoms with E-state index in [9.17, 15) is 9.59 Å². The topological polar surface area (TPSA) is 90.4 Å². The molecule has 0 unspecified atom stereocenters. The van der Waals surface area contributed by atoms with E-state index in [2.05, 4.69) is 15.3 Å². The molecule has 7 nitrogen and oxygen atoms in total. The van der Waals surface area contributed by atoms with E-state index in [0.29, 0.717) is 22.2 Å². The van der Waals surface area contributed by atoms with Gasteiger partial charge in [0.15, 0.2) is 5.16 Å². The van der Waals surface area contributed by atoms with Gasteiger partial charge < -0.3 is 27.2 Å². The highest BCUT2D eigenvalue weighted by Crippen LogP contribution is 2.24. The zero-order valence-electron chi connectivity index (χ0n) is 14.1. The van der Waals surface area contributed by atoms with Gasteiger partial charge in [-0.1, -0.05) is 11.8 Å². The van der Waals surface area contributed by atoms with Crippen LogP contribution in [0.4, 0.5) is 11.5 Å². The minimum Gasteiger partial charge on any atom is -1.00 e. The summed E-state index contributed by atoms with van der Waals surface area (Å²) in [4.78, 5) is 32.3. The highest BCUT2D eigenvalue weighted by molar-refractivity contribution is 7.98. The summed E-state index contributed by atoms with van der Waals surface area (Å²) in [7, 11) is 2.59. The van der Waals surface area contributed by atoms with Crippen LogP contribution < -0.4 is 17.7 Å². The van der Waals surface area contributed by atoms with E-state index in [-0.39, 0.29) is 18.0 Å². The molecule has 0 aliphatic heterocycles. The van der Waals surface area contributed by atoms with Crippen LogP contribution >= 0.6 is 11.8 Å². The number of esters is 2. The molecule has 0 saturated carbocycles. The monoisotopic (exact) mass is 382 g/mol. The van der Waals surface area contributed by atoms with Gasteiger partial charge in [-0.15, -0.1) is 0 Å². The first-order valence-corrected chi connectivity index (χ1v) is 8.18. The third-order valence-corrected chi connectivity index (χ3v) is 3.67. The van der Waals surface area contributed by atoms with E-state index in [0.717, 1.165) is 5.69 Å². The van der Waals surface area contributed by atoms with Crippen LogP contribution in [0.5, 0.6) is 0 Å². The summed E-state index contributed by atoms with van der Waals surface area (Å²) in [5, 5.41) is 3.65. The van der Waals surface area contributed by atoms with Crippen molar-refractivity contribution in [3.05, 3.63) is 41.1 Å². The van der Waals surface area contributed by atoms with Gasteiger partial charge in [-0.3, -0.25) is 0 Å². The van der Waals surface area contributed by atoms with Crippen molar-refractivity contribution in [2.45, 2.75) is 12.1 Å². The van der Waals surface area contributed by atoms with Crippen LogP contribution in [-0.4, -0.2) is 42.4 Å². The molecular weight excluding hydrogens is 366 g/mol. The quantitative estimate of drug-likeness (QED) is 0.433. The van der Waals surface area contributed by atoms with Crippen LogP contribution in [0.2, 0.25) is 0 Å². The van der Waals surface area contributed by atoms with Crippen LogP contribution in [0.3, 0.4) is 0 Å². The number of nitrogens with one attached hydrogen (secondary N) is 1. The third-order valence-electron chi connectivity index (χ3n) is 3.12. The Bertz CT molecular complexity index is 786. The van der Waals surface area contributed by atoms with Gasteiger partial charge in [-0.2, -0.15) is 0 Å². The number of aryl methyl sites for hydroxylation is 1.